The Hall–Kier alpha value is -1.00. The molecule has 0 bridgehead atoms. The normalized spacial score (nSPS) is 16.5. The van der Waals surface area contributed by atoms with Gasteiger partial charge in [-0.1, -0.05) is 0 Å². The number of aliphatic hydroxyl groups excluding tert-OH is 1. The number of hydrogen-bond acceptors (Lipinski definition) is 4. The van der Waals surface area contributed by atoms with Gasteiger partial charge in [-0.2, -0.15) is 0 Å². The highest BCUT2D eigenvalue weighted by Gasteiger charge is 2.08. The van der Waals surface area contributed by atoms with Gasteiger partial charge in [0, 0.05) is 5.70 Å². The smallest absolute Gasteiger partial charge is 0.120 e. The van der Waals surface area contributed by atoms with Crippen LogP contribution in [0.2, 0.25) is 0 Å². The van der Waals surface area contributed by atoms with E-state index in [0.717, 1.165) is 24.3 Å². The van der Waals surface area contributed by atoms with Crippen molar-refractivity contribution in [1.82, 2.24) is 0 Å². The number of allylic oxidation sites excluding steroid dienone is 3. The zero-order chi connectivity index (χ0) is 11.1. The lowest BCUT2D eigenvalue weighted by Gasteiger charge is -2.16. The van der Waals surface area contributed by atoms with Crippen molar-refractivity contribution >= 4 is 0 Å². The van der Waals surface area contributed by atoms with Gasteiger partial charge in [0.2, 0.25) is 0 Å². The minimum atomic E-state index is 0.0502. The van der Waals surface area contributed by atoms with Crippen LogP contribution in [0.15, 0.2) is 23.1 Å². The molecule has 0 heterocycles. The second kappa shape index (κ2) is 6.48. The highest BCUT2D eigenvalue weighted by molar-refractivity contribution is 5.27. The molecule has 0 aromatic heterocycles. The van der Waals surface area contributed by atoms with Crippen LogP contribution >= 0.6 is 0 Å². The van der Waals surface area contributed by atoms with Crippen molar-refractivity contribution in [2.24, 2.45) is 5.73 Å². The number of ether oxygens (including phenoxy) is 2. The van der Waals surface area contributed by atoms with E-state index < -0.39 is 0 Å². The molecule has 1 rings (SSSR count). The maximum Gasteiger partial charge on any atom is 0.120 e. The van der Waals surface area contributed by atoms with Crippen LogP contribution in [0, 0.1) is 0 Å². The summed E-state index contributed by atoms with van der Waals surface area (Å²) in [5, 5.41) is 8.49. The largest absolute Gasteiger partial charge is 0.491 e. The average molecular weight is 213 g/mol. The molecule has 0 radical (unpaired) electrons. The van der Waals surface area contributed by atoms with Gasteiger partial charge in [0.05, 0.1) is 19.8 Å². The van der Waals surface area contributed by atoms with Crippen LogP contribution in [0.4, 0.5) is 0 Å². The van der Waals surface area contributed by atoms with Gasteiger partial charge in [-0.15, -0.1) is 0 Å². The summed E-state index contributed by atoms with van der Waals surface area (Å²) in [6.45, 7) is 3.45. The second-order valence-corrected chi connectivity index (χ2v) is 3.55. The Morgan fingerprint density at radius 2 is 2.13 bits per heavy atom. The van der Waals surface area contributed by atoms with Crippen LogP contribution in [0.1, 0.15) is 19.8 Å². The first kappa shape index (κ1) is 12.1. The first-order chi connectivity index (χ1) is 7.24. The van der Waals surface area contributed by atoms with Gasteiger partial charge in [0.15, 0.2) is 0 Å². The maximum absolute atomic E-state index is 8.49. The van der Waals surface area contributed by atoms with Gasteiger partial charge in [0.25, 0.3) is 0 Å². The van der Waals surface area contributed by atoms with Crippen LogP contribution in [-0.4, -0.2) is 31.5 Å². The Morgan fingerprint density at radius 1 is 1.33 bits per heavy atom. The van der Waals surface area contributed by atoms with Crippen LogP contribution < -0.4 is 5.73 Å². The lowest BCUT2D eigenvalue weighted by Crippen LogP contribution is -2.10. The summed E-state index contributed by atoms with van der Waals surface area (Å²) >= 11 is 0. The van der Waals surface area contributed by atoms with Crippen molar-refractivity contribution in [3.05, 3.63) is 23.1 Å². The third kappa shape index (κ3) is 4.36. The van der Waals surface area contributed by atoms with Crippen molar-refractivity contribution < 1.29 is 14.6 Å². The molecule has 0 saturated carbocycles. The van der Waals surface area contributed by atoms with E-state index >= 15 is 0 Å². The zero-order valence-corrected chi connectivity index (χ0v) is 9.16. The quantitative estimate of drug-likeness (QED) is 0.644. The average Bonchev–Trinajstić information content (AvgIpc) is 2.23. The van der Waals surface area contributed by atoms with Crippen molar-refractivity contribution in [2.45, 2.75) is 19.8 Å². The molecule has 3 N–H and O–H groups in total. The molecular formula is C11H19NO3. The Kier molecular flexibility index (Phi) is 5.21. The number of hydrogen-bond donors (Lipinski definition) is 2. The molecule has 4 heteroatoms. The third-order valence-corrected chi connectivity index (χ3v) is 2.25. The third-order valence-electron chi connectivity index (χ3n) is 2.25. The summed E-state index contributed by atoms with van der Waals surface area (Å²) in [7, 11) is 0. The molecular weight excluding hydrogens is 194 g/mol. The highest BCUT2D eigenvalue weighted by Crippen LogP contribution is 2.21. The van der Waals surface area contributed by atoms with Crippen LogP contribution in [0.25, 0.3) is 0 Å². The Balaban J connectivity index is 2.25. The summed E-state index contributed by atoms with van der Waals surface area (Å²) in [5.74, 6) is 0.867. The number of aliphatic hydroxyl groups is 1. The van der Waals surface area contributed by atoms with Gasteiger partial charge in [-0.25, -0.2) is 0 Å². The molecule has 1 aliphatic carbocycles. The molecule has 86 valence electrons. The molecule has 0 amide bonds. The predicted molar refractivity (Wildman–Crippen MR) is 58.1 cm³/mol. The fourth-order valence-corrected chi connectivity index (χ4v) is 1.36. The van der Waals surface area contributed by atoms with E-state index in [0.29, 0.717) is 19.8 Å². The summed E-state index contributed by atoms with van der Waals surface area (Å²) in [6.07, 6.45) is 3.76. The van der Waals surface area contributed by atoms with Crippen molar-refractivity contribution in [3.63, 3.8) is 0 Å². The van der Waals surface area contributed by atoms with E-state index in [4.69, 9.17) is 20.3 Å². The first-order valence-corrected chi connectivity index (χ1v) is 5.21. The van der Waals surface area contributed by atoms with Gasteiger partial charge in [0.1, 0.15) is 12.4 Å². The Labute approximate surface area is 90.4 Å². The van der Waals surface area contributed by atoms with E-state index in [-0.39, 0.29) is 6.61 Å². The fourth-order valence-electron chi connectivity index (χ4n) is 1.36. The summed E-state index contributed by atoms with van der Waals surface area (Å²) < 4.78 is 10.6. The van der Waals surface area contributed by atoms with Gasteiger partial charge in [-0.05, 0) is 31.4 Å². The maximum atomic E-state index is 8.49. The molecule has 0 aromatic carbocycles. The summed E-state index contributed by atoms with van der Waals surface area (Å²) in [6, 6.07) is 0. The van der Waals surface area contributed by atoms with Crippen molar-refractivity contribution in [3.8, 4) is 0 Å². The molecule has 0 aliphatic heterocycles. The monoisotopic (exact) mass is 213 g/mol. The number of rotatable bonds is 6. The van der Waals surface area contributed by atoms with Gasteiger partial charge >= 0.3 is 0 Å². The zero-order valence-electron chi connectivity index (χ0n) is 9.16. The molecule has 4 nitrogen and oxygen atoms in total. The molecule has 0 unspecified atom stereocenters. The van der Waals surface area contributed by atoms with E-state index in [1.54, 1.807) is 0 Å². The lowest BCUT2D eigenvalue weighted by molar-refractivity contribution is 0.0551. The van der Waals surface area contributed by atoms with Crippen LogP contribution in [0.5, 0.6) is 0 Å². The highest BCUT2D eigenvalue weighted by atomic mass is 16.5. The van der Waals surface area contributed by atoms with Gasteiger partial charge in [-0.3, -0.25) is 0 Å². The molecule has 0 fully saturated rings. The Bertz CT molecular complexity index is 259. The van der Waals surface area contributed by atoms with E-state index in [9.17, 15) is 0 Å². The Morgan fingerprint density at radius 3 is 2.87 bits per heavy atom. The SMILES string of the molecule is CC1=C(OCCOCCO)C=C(N)CC1. The van der Waals surface area contributed by atoms with E-state index in [2.05, 4.69) is 0 Å². The van der Waals surface area contributed by atoms with Crippen molar-refractivity contribution in [2.75, 3.05) is 26.4 Å². The molecule has 0 atom stereocenters. The standard InChI is InChI=1S/C11H19NO3/c1-9-2-3-10(12)8-11(9)15-7-6-14-5-4-13/h8,13H,2-7,12H2,1H3. The molecule has 0 aromatic rings. The number of nitrogens with two attached hydrogens (primary N) is 1. The predicted octanol–water partition coefficient (Wildman–Crippen LogP) is 0.922. The fraction of sp³-hybridized carbons (Fsp3) is 0.636. The lowest BCUT2D eigenvalue weighted by atomic mass is 10.0. The van der Waals surface area contributed by atoms with Crippen LogP contribution in [-0.2, 0) is 9.47 Å². The minimum Gasteiger partial charge on any atom is -0.491 e. The molecule has 0 spiro atoms. The first-order valence-electron chi connectivity index (χ1n) is 5.21. The van der Waals surface area contributed by atoms with Crippen molar-refractivity contribution in [1.29, 1.82) is 0 Å². The molecule has 0 saturated heterocycles. The molecule has 15 heavy (non-hydrogen) atoms. The summed E-state index contributed by atoms with van der Waals surface area (Å²) in [4.78, 5) is 0. The van der Waals surface area contributed by atoms with E-state index in [1.165, 1.54) is 5.57 Å². The molecule has 1 aliphatic rings. The summed E-state index contributed by atoms with van der Waals surface area (Å²) in [5.41, 5.74) is 7.82. The topological polar surface area (TPSA) is 64.7 Å². The van der Waals surface area contributed by atoms with E-state index in [1.807, 2.05) is 13.0 Å². The minimum absolute atomic E-state index is 0.0502. The second-order valence-electron chi connectivity index (χ2n) is 3.55. The van der Waals surface area contributed by atoms with Crippen LogP contribution in [0.3, 0.4) is 0 Å². The van der Waals surface area contributed by atoms with Gasteiger partial charge < -0.3 is 20.3 Å².